The summed E-state index contributed by atoms with van der Waals surface area (Å²) in [7, 11) is -3.68. The van der Waals surface area contributed by atoms with Gasteiger partial charge < -0.3 is 28.6 Å². The lowest BCUT2D eigenvalue weighted by atomic mass is 10.0. The predicted molar refractivity (Wildman–Crippen MR) is 165 cm³/mol. The summed E-state index contributed by atoms with van der Waals surface area (Å²) in [4.78, 5) is 14.9. The Hall–Kier alpha value is -4.34. The van der Waals surface area contributed by atoms with Gasteiger partial charge in [-0.1, -0.05) is 70.4 Å². The van der Waals surface area contributed by atoms with Gasteiger partial charge in [0.15, 0.2) is 10.8 Å². The van der Waals surface area contributed by atoms with E-state index in [0.717, 1.165) is 57.8 Å². The second-order valence-corrected chi connectivity index (χ2v) is 11.0. The summed E-state index contributed by atoms with van der Waals surface area (Å²) >= 11 is 0. The summed E-state index contributed by atoms with van der Waals surface area (Å²) in [6.07, 6.45) is 6.03. The highest BCUT2D eigenvalue weighted by atomic mass is 32.2. The summed E-state index contributed by atoms with van der Waals surface area (Å²) in [6.45, 7) is 8.12. The largest absolute Gasteiger partial charge is 0.744 e. The smallest absolute Gasteiger partial charge is 0.467 e. The molecule has 44 heavy (non-hydrogen) atoms. The summed E-state index contributed by atoms with van der Waals surface area (Å²) < 4.78 is 55.6. The number of hydrogen-bond acceptors (Lipinski definition) is 10. The highest BCUT2D eigenvalue weighted by Gasteiger charge is 2.26. The van der Waals surface area contributed by atoms with Crippen LogP contribution in [0.4, 0.5) is 5.69 Å². The topological polar surface area (TPSA) is 160 Å². The van der Waals surface area contributed by atoms with E-state index in [-0.39, 0.29) is 16.9 Å². The van der Waals surface area contributed by atoms with E-state index in [1.54, 1.807) is 30.3 Å². The van der Waals surface area contributed by atoms with Crippen molar-refractivity contribution in [3.05, 3.63) is 70.7 Å². The van der Waals surface area contributed by atoms with Gasteiger partial charge >= 0.3 is 5.69 Å². The lowest BCUT2D eigenvalue weighted by Gasteiger charge is -2.14. The van der Waals surface area contributed by atoms with E-state index in [0.29, 0.717) is 42.8 Å². The molecule has 0 radical (unpaired) electrons. The molecule has 3 aromatic carbocycles. The maximum Gasteiger partial charge on any atom is 0.467 e. The Morgan fingerprint density at radius 1 is 0.841 bits per heavy atom. The molecule has 12 heteroatoms. The third-order valence-electron chi connectivity index (χ3n) is 6.22. The van der Waals surface area contributed by atoms with Crippen molar-refractivity contribution in [1.82, 2.24) is 0 Å². The van der Waals surface area contributed by atoms with Crippen LogP contribution in [0.15, 0.2) is 59.5 Å². The fraction of sp³-hybridized carbons (Fsp3) is 0.406. The number of benzene rings is 3. The molecule has 3 aromatic rings. The fourth-order valence-corrected chi connectivity index (χ4v) is 4.43. The van der Waals surface area contributed by atoms with Crippen LogP contribution in [0.3, 0.4) is 0 Å². The van der Waals surface area contributed by atoms with Gasteiger partial charge in [0, 0.05) is 23.8 Å². The number of hydrogen-bond donors (Lipinski definition) is 1. The van der Waals surface area contributed by atoms with Gasteiger partial charge in [0.1, 0.15) is 27.4 Å². The van der Waals surface area contributed by atoms with Gasteiger partial charge in [-0.05, 0) is 25.3 Å². The zero-order chi connectivity index (χ0) is 32.5. The van der Waals surface area contributed by atoms with Gasteiger partial charge in [0.25, 0.3) is 0 Å². The lowest BCUT2D eigenvalue weighted by Crippen LogP contribution is -2.07. The van der Waals surface area contributed by atoms with Crippen LogP contribution in [0.1, 0.15) is 75.2 Å². The molecule has 0 amide bonds. The van der Waals surface area contributed by atoms with Gasteiger partial charge in [0.2, 0.25) is 16.9 Å². The molecule has 0 unspecified atom stereocenters. The maximum atomic E-state index is 12.2. The predicted octanol–water partition coefficient (Wildman–Crippen LogP) is 7.24. The maximum absolute atomic E-state index is 12.2. The standard InChI is InChI=1S/C18H29N2O3.C14H12O6S/c1-4-7-10-21-15-13-16(22-11-8-5-2)18(20-19)17(14-15)23-12-9-6-3;1-20-12-8-11(15)10(7-13(12)21(17,18)19)14(16)9-5-3-2-4-6-9/h13-14H,4-12H2,1-3H3;2-8,15H,1H3,(H,17,18,19)/q+1;/p-1. The number of phenolic OH excluding ortho intramolecular Hbond substituents is 1. The number of rotatable bonds is 16. The first-order valence-electron chi connectivity index (χ1n) is 14.5. The van der Waals surface area contributed by atoms with Crippen LogP contribution in [0.2, 0.25) is 0 Å². The van der Waals surface area contributed by atoms with Crippen molar-refractivity contribution in [1.29, 1.82) is 5.39 Å². The lowest BCUT2D eigenvalue weighted by molar-refractivity contribution is 0.103. The molecule has 0 aromatic heterocycles. The molecule has 0 heterocycles. The minimum Gasteiger partial charge on any atom is -0.744 e. The van der Waals surface area contributed by atoms with Crippen molar-refractivity contribution < 1.29 is 41.8 Å². The molecule has 0 spiro atoms. The van der Waals surface area contributed by atoms with Crippen molar-refractivity contribution in [3.8, 4) is 28.7 Å². The second kappa shape index (κ2) is 18.4. The molecular formula is C32H40N2O9S. The number of aromatic hydroxyl groups is 1. The van der Waals surface area contributed by atoms with Crippen molar-refractivity contribution >= 4 is 21.6 Å². The third-order valence-corrected chi connectivity index (χ3v) is 7.08. The zero-order valence-electron chi connectivity index (χ0n) is 25.6. The molecule has 238 valence electrons. The molecule has 0 fully saturated rings. The molecule has 0 aliphatic heterocycles. The molecule has 3 rings (SSSR count). The van der Waals surface area contributed by atoms with E-state index in [2.05, 4.69) is 25.7 Å². The number of unbranched alkanes of at least 4 members (excludes halogenated alkanes) is 3. The van der Waals surface area contributed by atoms with E-state index in [1.165, 1.54) is 12.1 Å². The van der Waals surface area contributed by atoms with E-state index < -0.39 is 26.5 Å². The number of carbonyl (C=O) groups excluding carboxylic acids is 1. The van der Waals surface area contributed by atoms with Gasteiger partial charge in [0.05, 0.1) is 37.4 Å². The summed E-state index contributed by atoms with van der Waals surface area (Å²) in [5.41, 5.74) is 0.309. The number of diazo groups is 1. The first-order chi connectivity index (χ1) is 21.1. The minimum atomic E-state index is -4.84. The van der Waals surface area contributed by atoms with E-state index in [1.807, 2.05) is 0 Å². The Morgan fingerprint density at radius 2 is 1.36 bits per heavy atom. The molecule has 0 atom stereocenters. The highest BCUT2D eigenvalue weighted by Crippen LogP contribution is 2.42. The fourth-order valence-electron chi connectivity index (χ4n) is 3.78. The number of ether oxygens (including phenoxy) is 4. The van der Waals surface area contributed by atoms with Crippen LogP contribution >= 0.6 is 0 Å². The van der Waals surface area contributed by atoms with Crippen molar-refractivity contribution in [2.45, 2.75) is 64.2 Å². The molecule has 0 bridgehead atoms. The molecule has 0 saturated carbocycles. The van der Waals surface area contributed by atoms with E-state index in [9.17, 15) is 28.3 Å². The molecule has 0 aliphatic rings. The van der Waals surface area contributed by atoms with Crippen LogP contribution in [-0.4, -0.2) is 50.8 Å². The highest BCUT2D eigenvalue weighted by molar-refractivity contribution is 7.85. The molecule has 0 saturated heterocycles. The SMILES string of the molecule is CCCCOc1cc(OCCCC)c([N+]#N)c(OCCCC)c1.COc1cc(O)c(C(=O)c2ccccc2)cc1S(=O)(=O)[O-]. The van der Waals surface area contributed by atoms with Crippen molar-refractivity contribution in [2.75, 3.05) is 26.9 Å². The summed E-state index contributed by atoms with van der Waals surface area (Å²) in [6, 6.07) is 13.3. The quantitative estimate of drug-likeness (QED) is 0.0741. The summed E-state index contributed by atoms with van der Waals surface area (Å²) in [5.74, 6) is 0.313. The van der Waals surface area contributed by atoms with Gasteiger partial charge in [-0.15, -0.1) is 0 Å². The number of ketones is 1. The Kier molecular flexibility index (Phi) is 15.0. The van der Waals surface area contributed by atoms with Gasteiger partial charge in [-0.3, -0.25) is 4.79 Å². The van der Waals surface area contributed by atoms with Crippen LogP contribution in [0.25, 0.3) is 4.98 Å². The van der Waals surface area contributed by atoms with E-state index >= 15 is 0 Å². The van der Waals surface area contributed by atoms with Crippen LogP contribution in [0.5, 0.6) is 28.7 Å². The van der Waals surface area contributed by atoms with Crippen LogP contribution in [-0.2, 0) is 10.1 Å². The zero-order valence-corrected chi connectivity index (χ0v) is 26.4. The summed E-state index contributed by atoms with van der Waals surface area (Å²) in [5, 5.41) is 19.2. The third kappa shape index (κ3) is 10.7. The molecule has 1 N–H and O–H groups in total. The normalized spacial score (nSPS) is 10.6. The van der Waals surface area contributed by atoms with Crippen LogP contribution < -0.4 is 18.9 Å². The number of phenols is 1. The first kappa shape index (κ1) is 35.9. The van der Waals surface area contributed by atoms with Gasteiger partial charge in [-0.2, -0.15) is 0 Å². The average Bonchev–Trinajstić information content (AvgIpc) is 3.01. The van der Waals surface area contributed by atoms with E-state index in [4.69, 9.17) is 18.9 Å². The average molecular weight is 629 g/mol. The number of nitrogens with zero attached hydrogens (tertiary/aromatic N) is 2. The van der Waals surface area contributed by atoms with Crippen molar-refractivity contribution in [3.63, 3.8) is 0 Å². The van der Waals surface area contributed by atoms with Gasteiger partial charge in [-0.25, -0.2) is 8.42 Å². The molecular weight excluding hydrogens is 588 g/mol. The second-order valence-electron chi connectivity index (χ2n) is 9.64. The minimum absolute atomic E-state index is 0.257. The Morgan fingerprint density at radius 3 is 1.82 bits per heavy atom. The molecule has 0 aliphatic carbocycles. The molecule has 11 nitrogen and oxygen atoms in total. The van der Waals surface area contributed by atoms with Crippen LogP contribution in [0, 0.1) is 5.39 Å². The van der Waals surface area contributed by atoms with Crippen molar-refractivity contribution in [2.24, 2.45) is 0 Å². The first-order valence-corrected chi connectivity index (χ1v) is 15.9. The number of carbonyl (C=O) groups is 1. The Bertz CT molecular complexity index is 1470. The Balaban J connectivity index is 0.000000308. The number of methoxy groups -OCH3 is 1. The monoisotopic (exact) mass is 628 g/mol. The Labute approximate surface area is 259 Å².